The highest BCUT2D eigenvalue weighted by Crippen LogP contribution is 2.22. The molecule has 4 nitrogen and oxygen atoms in total. The number of pyridine rings is 1. The average molecular weight is 269 g/mol. The van der Waals surface area contributed by atoms with Crippen LogP contribution in [-0.4, -0.2) is 38.3 Å². The Hall–Kier alpha value is -2.23. The first-order valence-electron chi connectivity index (χ1n) is 6.91. The van der Waals surface area contributed by atoms with Gasteiger partial charge in [-0.1, -0.05) is 0 Å². The molecular weight excluding hydrogens is 250 g/mol. The van der Waals surface area contributed by atoms with E-state index in [2.05, 4.69) is 39.0 Å². The van der Waals surface area contributed by atoms with Gasteiger partial charge in [0.1, 0.15) is 5.75 Å². The van der Waals surface area contributed by atoms with Crippen LogP contribution in [0.3, 0.4) is 0 Å². The molecule has 0 atom stereocenters. The number of nitrogens with zero attached hydrogens (tertiary/aromatic N) is 3. The summed E-state index contributed by atoms with van der Waals surface area (Å²) in [5, 5.41) is 0. The molecule has 0 unspecified atom stereocenters. The van der Waals surface area contributed by atoms with Gasteiger partial charge in [-0.15, -0.1) is 0 Å². The summed E-state index contributed by atoms with van der Waals surface area (Å²) in [5.74, 6) is 0.907. The molecule has 1 fully saturated rings. The predicted octanol–water partition coefficient (Wildman–Crippen LogP) is 2.42. The molecule has 3 rings (SSSR count). The maximum Gasteiger partial charge on any atom is 0.119 e. The molecule has 104 valence electrons. The van der Waals surface area contributed by atoms with Gasteiger partial charge in [-0.05, 0) is 36.4 Å². The standard InChI is InChI=1S/C16H19N3O/c1-20-16-4-2-14(3-5-16)18-10-12-19(13-11-18)15-6-8-17-9-7-15/h2-9H,10-13H2,1H3. The summed E-state index contributed by atoms with van der Waals surface area (Å²) in [6.45, 7) is 4.15. The van der Waals surface area contributed by atoms with Gasteiger partial charge in [0, 0.05) is 49.9 Å². The van der Waals surface area contributed by atoms with Crippen LogP contribution in [0.5, 0.6) is 5.75 Å². The topological polar surface area (TPSA) is 28.6 Å². The molecule has 2 aromatic rings. The normalized spacial score (nSPS) is 15.2. The SMILES string of the molecule is COc1ccc(N2CCN(c3ccncc3)CC2)cc1. The fourth-order valence-electron chi connectivity index (χ4n) is 2.57. The van der Waals surface area contributed by atoms with Crippen LogP contribution in [-0.2, 0) is 0 Å². The van der Waals surface area contributed by atoms with E-state index in [1.807, 2.05) is 24.5 Å². The van der Waals surface area contributed by atoms with Crippen molar-refractivity contribution in [3.63, 3.8) is 0 Å². The number of rotatable bonds is 3. The Kier molecular flexibility index (Phi) is 3.72. The van der Waals surface area contributed by atoms with Crippen molar-refractivity contribution in [1.82, 2.24) is 4.98 Å². The number of benzene rings is 1. The van der Waals surface area contributed by atoms with E-state index in [9.17, 15) is 0 Å². The van der Waals surface area contributed by atoms with E-state index in [0.717, 1.165) is 31.9 Å². The van der Waals surface area contributed by atoms with E-state index in [1.54, 1.807) is 7.11 Å². The molecule has 1 aliphatic rings. The van der Waals surface area contributed by atoms with Gasteiger partial charge < -0.3 is 14.5 Å². The van der Waals surface area contributed by atoms with Crippen LogP contribution in [0.1, 0.15) is 0 Å². The van der Waals surface area contributed by atoms with Crippen molar-refractivity contribution in [3.8, 4) is 5.75 Å². The van der Waals surface area contributed by atoms with Gasteiger partial charge in [0.15, 0.2) is 0 Å². The molecule has 1 saturated heterocycles. The number of methoxy groups -OCH3 is 1. The molecular formula is C16H19N3O. The lowest BCUT2D eigenvalue weighted by Gasteiger charge is -2.37. The zero-order valence-electron chi connectivity index (χ0n) is 11.7. The molecule has 2 heterocycles. The number of piperazine rings is 1. The number of aromatic nitrogens is 1. The largest absolute Gasteiger partial charge is 0.497 e. The number of ether oxygens (including phenoxy) is 1. The van der Waals surface area contributed by atoms with Crippen molar-refractivity contribution in [3.05, 3.63) is 48.8 Å². The molecule has 0 amide bonds. The van der Waals surface area contributed by atoms with Crippen LogP contribution in [0.25, 0.3) is 0 Å². The minimum atomic E-state index is 0.907. The minimum absolute atomic E-state index is 0.907. The Bertz CT molecular complexity index is 533. The zero-order valence-corrected chi connectivity index (χ0v) is 11.7. The van der Waals surface area contributed by atoms with Gasteiger partial charge in [0.25, 0.3) is 0 Å². The van der Waals surface area contributed by atoms with Crippen molar-refractivity contribution in [2.24, 2.45) is 0 Å². The van der Waals surface area contributed by atoms with Gasteiger partial charge >= 0.3 is 0 Å². The molecule has 1 aromatic heterocycles. The Morgan fingerprint density at radius 2 is 1.30 bits per heavy atom. The average Bonchev–Trinajstić information content (AvgIpc) is 2.56. The van der Waals surface area contributed by atoms with Crippen LogP contribution in [0, 0.1) is 0 Å². The predicted molar refractivity (Wildman–Crippen MR) is 81.7 cm³/mol. The van der Waals surface area contributed by atoms with Gasteiger partial charge in [0.05, 0.1) is 7.11 Å². The second-order valence-corrected chi connectivity index (χ2v) is 4.88. The number of hydrogen-bond acceptors (Lipinski definition) is 4. The van der Waals surface area contributed by atoms with Gasteiger partial charge in [-0.25, -0.2) is 0 Å². The van der Waals surface area contributed by atoms with Crippen LogP contribution >= 0.6 is 0 Å². The first-order chi connectivity index (χ1) is 9.86. The van der Waals surface area contributed by atoms with Crippen LogP contribution < -0.4 is 14.5 Å². The van der Waals surface area contributed by atoms with E-state index in [0.29, 0.717) is 0 Å². The lowest BCUT2D eigenvalue weighted by atomic mass is 10.2. The second kappa shape index (κ2) is 5.82. The number of hydrogen-bond donors (Lipinski definition) is 0. The summed E-state index contributed by atoms with van der Waals surface area (Å²) >= 11 is 0. The molecule has 0 saturated carbocycles. The third-order valence-corrected chi connectivity index (χ3v) is 3.75. The van der Waals surface area contributed by atoms with Gasteiger partial charge in [-0.3, -0.25) is 4.98 Å². The molecule has 4 heteroatoms. The van der Waals surface area contributed by atoms with Crippen LogP contribution in [0.4, 0.5) is 11.4 Å². The van der Waals surface area contributed by atoms with Crippen molar-refractivity contribution in [1.29, 1.82) is 0 Å². The van der Waals surface area contributed by atoms with Crippen molar-refractivity contribution in [2.45, 2.75) is 0 Å². The van der Waals surface area contributed by atoms with Crippen molar-refractivity contribution >= 4 is 11.4 Å². The Balaban J connectivity index is 1.63. The van der Waals surface area contributed by atoms with Crippen molar-refractivity contribution in [2.75, 3.05) is 43.1 Å². The Morgan fingerprint density at radius 1 is 0.800 bits per heavy atom. The molecule has 0 aliphatic carbocycles. The molecule has 1 aromatic carbocycles. The molecule has 0 bridgehead atoms. The first-order valence-corrected chi connectivity index (χ1v) is 6.91. The second-order valence-electron chi connectivity index (χ2n) is 4.88. The van der Waals surface area contributed by atoms with Crippen LogP contribution in [0.2, 0.25) is 0 Å². The summed E-state index contributed by atoms with van der Waals surface area (Å²) in [5.41, 5.74) is 2.52. The lowest BCUT2D eigenvalue weighted by molar-refractivity contribution is 0.415. The lowest BCUT2D eigenvalue weighted by Crippen LogP contribution is -2.46. The fraction of sp³-hybridized carbons (Fsp3) is 0.312. The molecule has 0 spiro atoms. The maximum atomic E-state index is 5.20. The number of anilines is 2. The minimum Gasteiger partial charge on any atom is -0.497 e. The van der Waals surface area contributed by atoms with Gasteiger partial charge in [-0.2, -0.15) is 0 Å². The first kappa shape index (κ1) is 12.8. The van der Waals surface area contributed by atoms with E-state index in [1.165, 1.54) is 11.4 Å². The Morgan fingerprint density at radius 3 is 1.80 bits per heavy atom. The smallest absolute Gasteiger partial charge is 0.119 e. The van der Waals surface area contributed by atoms with E-state index >= 15 is 0 Å². The highest BCUT2D eigenvalue weighted by atomic mass is 16.5. The maximum absolute atomic E-state index is 5.20. The molecule has 0 radical (unpaired) electrons. The molecule has 20 heavy (non-hydrogen) atoms. The van der Waals surface area contributed by atoms with E-state index in [4.69, 9.17) is 4.74 Å². The molecule has 0 N–H and O–H groups in total. The summed E-state index contributed by atoms with van der Waals surface area (Å²) < 4.78 is 5.20. The quantitative estimate of drug-likeness (QED) is 0.855. The molecule has 1 aliphatic heterocycles. The highest BCUT2D eigenvalue weighted by molar-refractivity contribution is 5.52. The monoisotopic (exact) mass is 269 g/mol. The van der Waals surface area contributed by atoms with Crippen molar-refractivity contribution < 1.29 is 4.74 Å². The van der Waals surface area contributed by atoms with E-state index < -0.39 is 0 Å². The summed E-state index contributed by atoms with van der Waals surface area (Å²) in [6.07, 6.45) is 3.70. The van der Waals surface area contributed by atoms with Crippen LogP contribution in [0.15, 0.2) is 48.8 Å². The fourth-order valence-corrected chi connectivity index (χ4v) is 2.57. The van der Waals surface area contributed by atoms with E-state index in [-0.39, 0.29) is 0 Å². The van der Waals surface area contributed by atoms with Gasteiger partial charge in [0.2, 0.25) is 0 Å². The summed E-state index contributed by atoms with van der Waals surface area (Å²) in [6, 6.07) is 12.4. The zero-order chi connectivity index (χ0) is 13.8. The Labute approximate surface area is 119 Å². The summed E-state index contributed by atoms with van der Waals surface area (Å²) in [4.78, 5) is 8.89. The summed E-state index contributed by atoms with van der Waals surface area (Å²) in [7, 11) is 1.70. The third kappa shape index (κ3) is 2.69. The highest BCUT2D eigenvalue weighted by Gasteiger charge is 2.17. The third-order valence-electron chi connectivity index (χ3n) is 3.75.